The van der Waals surface area contributed by atoms with Crippen LogP contribution in [0.5, 0.6) is 0 Å². The van der Waals surface area contributed by atoms with Crippen LogP contribution < -0.4 is 0 Å². The Morgan fingerprint density at radius 2 is 2.00 bits per heavy atom. The fraction of sp³-hybridized carbons (Fsp3) is 0.733. The molecule has 0 heterocycles. The van der Waals surface area contributed by atoms with Gasteiger partial charge in [-0.3, -0.25) is 4.79 Å². The molecule has 0 spiro atoms. The highest BCUT2D eigenvalue weighted by atomic mass is 16.4. The molecule has 2 fully saturated rings. The summed E-state index contributed by atoms with van der Waals surface area (Å²) in [6.45, 7) is 0. The molecule has 0 amide bonds. The molecule has 2 rings (SSSR count). The molecule has 2 aliphatic carbocycles. The summed E-state index contributed by atoms with van der Waals surface area (Å²) >= 11 is 0. The predicted molar refractivity (Wildman–Crippen MR) is 69.1 cm³/mol. The Labute approximate surface area is 108 Å². The standard InChI is InChI=1S/C15H22O3/c16-10-14-12-8-7-11(9-12)13(14)5-3-1-2-4-6-15(17)18/h1,3,10-14H,2,4-9H2,(H,17,18)/t11-,12+,13-,14+/m0/s1. The molecule has 2 bridgehead atoms. The molecule has 0 aromatic heterocycles. The van der Waals surface area contributed by atoms with E-state index in [-0.39, 0.29) is 12.3 Å². The van der Waals surface area contributed by atoms with E-state index < -0.39 is 5.97 Å². The van der Waals surface area contributed by atoms with Crippen molar-refractivity contribution >= 4 is 12.3 Å². The summed E-state index contributed by atoms with van der Waals surface area (Å²) in [5.41, 5.74) is 0. The molecule has 1 N–H and O–H groups in total. The average molecular weight is 250 g/mol. The molecule has 3 heteroatoms. The largest absolute Gasteiger partial charge is 0.481 e. The molecule has 100 valence electrons. The van der Waals surface area contributed by atoms with Crippen LogP contribution in [0, 0.1) is 23.7 Å². The third-order valence-electron chi connectivity index (χ3n) is 4.65. The Morgan fingerprint density at radius 1 is 1.22 bits per heavy atom. The minimum absolute atomic E-state index is 0.245. The van der Waals surface area contributed by atoms with Crippen molar-refractivity contribution in [3.8, 4) is 0 Å². The van der Waals surface area contributed by atoms with E-state index in [1.165, 1.54) is 25.5 Å². The van der Waals surface area contributed by atoms with Crippen LogP contribution in [-0.4, -0.2) is 17.4 Å². The number of hydrogen-bond acceptors (Lipinski definition) is 2. The van der Waals surface area contributed by atoms with E-state index in [9.17, 15) is 9.59 Å². The monoisotopic (exact) mass is 250 g/mol. The highest BCUT2D eigenvalue weighted by Gasteiger charge is 2.46. The highest BCUT2D eigenvalue weighted by Crippen LogP contribution is 2.52. The lowest BCUT2D eigenvalue weighted by atomic mass is 9.78. The lowest BCUT2D eigenvalue weighted by Gasteiger charge is -2.26. The number of carboxylic acid groups (broad SMARTS) is 1. The van der Waals surface area contributed by atoms with Crippen molar-refractivity contribution in [3.05, 3.63) is 12.2 Å². The Balaban J connectivity index is 1.71. The van der Waals surface area contributed by atoms with Crippen LogP contribution in [-0.2, 0) is 9.59 Å². The van der Waals surface area contributed by atoms with Gasteiger partial charge in [-0.2, -0.15) is 0 Å². The summed E-state index contributed by atoms with van der Waals surface area (Å²) < 4.78 is 0. The highest BCUT2D eigenvalue weighted by molar-refractivity contribution is 5.66. The number of aldehydes is 1. The fourth-order valence-electron chi connectivity index (χ4n) is 3.76. The molecule has 0 radical (unpaired) electrons. The van der Waals surface area contributed by atoms with E-state index in [4.69, 9.17) is 5.11 Å². The summed E-state index contributed by atoms with van der Waals surface area (Å²) in [5.74, 6) is 1.52. The first-order valence-corrected chi connectivity index (χ1v) is 7.04. The molecule has 2 aliphatic rings. The van der Waals surface area contributed by atoms with E-state index in [0.717, 1.165) is 18.8 Å². The maximum atomic E-state index is 11.1. The maximum absolute atomic E-state index is 11.1. The van der Waals surface area contributed by atoms with Crippen molar-refractivity contribution in [2.75, 3.05) is 0 Å². The molecule has 4 atom stereocenters. The third kappa shape index (κ3) is 3.01. The number of carbonyl (C=O) groups is 2. The summed E-state index contributed by atoms with van der Waals surface area (Å²) in [5, 5.41) is 8.52. The van der Waals surface area contributed by atoms with Gasteiger partial charge in [0.15, 0.2) is 0 Å². The van der Waals surface area contributed by atoms with Crippen molar-refractivity contribution in [3.63, 3.8) is 0 Å². The lowest BCUT2D eigenvalue weighted by Crippen LogP contribution is -2.22. The number of fused-ring (bicyclic) bond motifs is 2. The molecular weight excluding hydrogens is 228 g/mol. The van der Waals surface area contributed by atoms with Gasteiger partial charge in [-0.15, -0.1) is 0 Å². The van der Waals surface area contributed by atoms with E-state index >= 15 is 0 Å². The Kier molecular flexibility index (Phi) is 4.56. The van der Waals surface area contributed by atoms with Gasteiger partial charge in [0.05, 0.1) is 0 Å². The number of carbonyl (C=O) groups excluding carboxylic acids is 1. The lowest BCUT2D eigenvalue weighted by molar-refractivity contribution is -0.137. The molecule has 0 unspecified atom stereocenters. The SMILES string of the molecule is O=C[C@@H]1[C@@H]2CC[C@@H](C2)[C@@H]1CC=CCCCC(=O)O. The maximum Gasteiger partial charge on any atom is 0.303 e. The van der Waals surface area contributed by atoms with Gasteiger partial charge in [-0.05, 0) is 56.3 Å². The topological polar surface area (TPSA) is 54.4 Å². The van der Waals surface area contributed by atoms with Gasteiger partial charge in [-0.1, -0.05) is 12.2 Å². The number of unbranched alkanes of at least 4 members (excludes halogenated alkanes) is 1. The minimum Gasteiger partial charge on any atom is -0.481 e. The zero-order valence-corrected chi connectivity index (χ0v) is 10.8. The van der Waals surface area contributed by atoms with Crippen molar-refractivity contribution in [2.45, 2.75) is 44.9 Å². The summed E-state index contributed by atoms with van der Waals surface area (Å²) in [6, 6.07) is 0. The third-order valence-corrected chi connectivity index (χ3v) is 4.65. The first-order chi connectivity index (χ1) is 8.72. The predicted octanol–water partition coefficient (Wildman–Crippen LogP) is 3.05. The second-order valence-electron chi connectivity index (χ2n) is 5.70. The quantitative estimate of drug-likeness (QED) is 0.429. The molecule has 18 heavy (non-hydrogen) atoms. The molecule has 0 aromatic rings. The first-order valence-electron chi connectivity index (χ1n) is 7.04. The summed E-state index contributed by atoms with van der Waals surface area (Å²) in [4.78, 5) is 21.5. The zero-order chi connectivity index (χ0) is 13.0. The van der Waals surface area contributed by atoms with Crippen molar-refractivity contribution in [1.29, 1.82) is 0 Å². The minimum atomic E-state index is -0.725. The van der Waals surface area contributed by atoms with E-state index in [0.29, 0.717) is 18.3 Å². The number of hydrogen-bond donors (Lipinski definition) is 1. The second-order valence-corrected chi connectivity index (χ2v) is 5.70. The Bertz CT molecular complexity index is 335. The van der Waals surface area contributed by atoms with Crippen molar-refractivity contribution in [1.82, 2.24) is 0 Å². The zero-order valence-electron chi connectivity index (χ0n) is 10.8. The van der Waals surface area contributed by atoms with Gasteiger partial charge in [0, 0.05) is 12.3 Å². The molecule has 3 nitrogen and oxygen atoms in total. The number of allylic oxidation sites excluding steroid dienone is 2. The molecule has 0 aliphatic heterocycles. The van der Waals surface area contributed by atoms with E-state index in [2.05, 4.69) is 12.2 Å². The molecule has 0 aromatic carbocycles. The number of aliphatic carboxylic acids is 1. The van der Waals surface area contributed by atoms with Crippen LogP contribution in [0.1, 0.15) is 44.9 Å². The molecule has 0 saturated heterocycles. The van der Waals surface area contributed by atoms with Gasteiger partial charge in [0.25, 0.3) is 0 Å². The number of rotatable bonds is 7. The first kappa shape index (κ1) is 13.3. The average Bonchev–Trinajstić information content (AvgIpc) is 2.93. The van der Waals surface area contributed by atoms with Crippen LogP contribution in [0.25, 0.3) is 0 Å². The van der Waals surface area contributed by atoms with Gasteiger partial charge >= 0.3 is 5.97 Å². The van der Waals surface area contributed by atoms with Gasteiger partial charge in [-0.25, -0.2) is 0 Å². The molecule has 2 saturated carbocycles. The normalized spacial score (nSPS) is 34.2. The molecular formula is C15H22O3. The smallest absolute Gasteiger partial charge is 0.303 e. The number of carboxylic acids is 1. The van der Waals surface area contributed by atoms with Gasteiger partial charge in [0.1, 0.15) is 6.29 Å². The Morgan fingerprint density at radius 3 is 2.72 bits per heavy atom. The van der Waals surface area contributed by atoms with Crippen molar-refractivity contribution < 1.29 is 14.7 Å². The van der Waals surface area contributed by atoms with Crippen LogP contribution in [0.2, 0.25) is 0 Å². The second kappa shape index (κ2) is 6.17. The fourth-order valence-corrected chi connectivity index (χ4v) is 3.76. The van der Waals surface area contributed by atoms with Gasteiger partial charge in [0.2, 0.25) is 0 Å². The van der Waals surface area contributed by atoms with Crippen LogP contribution in [0.4, 0.5) is 0 Å². The van der Waals surface area contributed by atoms with E-state index in [1.54, 1.807) is 0 Å². The summed E-state index contributed by atoms with van der Waals surface area (Å²) in [7, 11) is 0. The van der Waals surface area contributed by atoms with Crippen LogP contribution >= 0.6 is 0 Å². The van der Waals surface area contributed by atoms with Gasteiger partial charge < -0.3 is 9.90 Å². The van der Waals surface area contributed by atoms with Crippen LogP contribution in [0.3, 0.4) is 0 Å². The van der Waals surface area contributed by atoms with E-state index in [1.807, 2.05) is 0 Å². The summed E-state index contributed by atoms with van der Waals surface area (Å²) in [6.07, 6.45) is 12.0. The van der Waals surface area contributed by atoms with Crippen molar-refractivity contribution in [2.24, 2.45) is 23.7 Å². The Hall–Kier alpha value is -1.12. The van der Waals surface area contributed by atoms with Crippen LogP contribution in [0.15, 0.2) is 12.2 Å².